The standard InChI is InChI=1S/C31H32N4O4S/c1-3-5-25(20-14-23(37-2)18-32-17-20)34-21-8-9-26-29(15-21)40-28-7-4-6-24(31(28)39-26)27-19-35(12-13-38-27)22-10-11-33-30(36)16-22/h4,6-11,14-18,25,27,34H,3,5,12-13,19H2,1-2H3,(H,33,36). The molecule has 1 saturated heterocycles. The molecule has 2 N–H and O–H groups in total. The van der Waals surface area contributed by atoms with Crippen molar-refractivity contribution < 1.29 is 14.2 Å². The number of ether oxygens (including phenoxy) is 3. The van der Waals surface area contributed by atoms with Crippen LogP contribution in [0.3, 0.4) is 0 Å². The molecular weight excluding hydrogens is 524 g/mol. The fraction of sp³-hybridized carbons (Fsp3) is 0.290. The Hall–Kier alpha value is -3.95. The number of aromatic nitrogens is 2. The maximum Gasteiger partial charge on any atom is 0.249 e. The number of para-hydroxylation sites is 1. The first-order chi connectivity index (χ1) is 19.6. The van der Waals surface area contributed by atoms with Crippen LogP contribution in [0.5, 0.6) is 17.2 Å². The summed E-state index contributed by atoms with van der Waals surface area (Å²) in [6.07, 6.45) is 7.15. The van der Waals surface area contributed by atoms with Crippen LogP contribution in [0.2, 0.25) is 0 Å². The number of morpholine rings is 1. The lowest BCUT2D eigenvalue weighted by molar-refractivity contribution is 0.0383. The third-order valence-corrected chi connectivity index (χ3v) is 8.29. The van der Waals surface area contributed by atoms with Crippen molar-refractivity contribution in [2.75, 3.05) is 37.0 Å². The summed E-state index contributed by atoms with van der Waals surface area (Å²) in [7, 11) is 1.66. The minimum Gasteiger partial charge on any atom is -0.495 e. The van der Waals surface area contributed by atoms with E-state index >= 15 is 0 Å². The van der Waals surface area contributed by atoms with E-state index in [2.05, 4.69) is 57.4 Å². The van der Waals surface area contributed by atoms with Gasteiger partial charge in [0.2, 0.25) is 5.56 Å². The summed E-state index contributed by atoms with van der Waals surface area (Å²) in [5.41, 5.74) is 3.93. The van der Waals surface area contributed by atoms with Gasteiger partial charge < -0.3 is 29.4 Å². The lowest BCUT2D eigenvalue weighted by Gasteiger charge is -2.35. The van der Waals surface area contributed by atoms with E-state index in [0.29, 0.717) is 13.2 Å². The molecule has 0 aliphatic carbocycles. The van der Waals surface area contributed by atoms with E-state index in [4.69, 9.17) is 14.2 Å². The lowest BCUT2D eigenvalue weighted by atomic mass is 10.0. The second kappa shape index (κ2) is 11.7. The molecule has 40 heavy (non-hydrogen) atoms. The van der Waals surface area contributed by atoms with Crippen LogP contribution >= 0.6 is 11.8 Å². The zero-order valence-corrected chi connectivity index (χ0v) is 23.4. The number of fused-ring (bicyclic) bond motifs is 2. The maximum atomic E-state index is 11.9. The van der Waals surface area contributed by atoms with Gasteiger partial charge in [-0.05, 0) is 48.4 Å². The van der Waals surface area contributed by atoms with Crippen LogP contribution in [0.15, 0.2) is 87.8 Å². The fourth-order valence-corrected chi connectivity index (χ4v) is 6.25. The number of nitrogens with one attached hydrogen (secondary N) is 2. The summed E-state index contributed by atoms with van der Waals surface area (Å²) in [6, 6.07) is 18.2. The van der Waals surface area contributed by atoms with Gasteiger partial charge in [-0.3, -0.25) is 9.78 Å². The average molecular weight is 557 g/mol. The molecule has 0 spiro atoms. The van der Waals surface area contributed by atoms with Crippen molar-refractivity contribution in [3.05, 3.63) is 94.7 Å². The van der Waals surface area contributed by atoms with Gasteiger partial charge in [-0.25, -0.2) is 0 Å². The van der Waals surface area contributed by atoms with E-state index in [-0.39, 0.29) is 17.7 Å². The van der Waals surface area contributed by atoms with E-state index in [1.54, 1.807) is 37.3 Å². The van der Waals surface area contributed by atoms with Crippen LogP contribution in [0.1, 0.15) is 43.0 Å². The van der Waals surface area contributed by atoms with Gasteiger partial charge in [-0.2, -0.15) is 0 Å². The van der Waals surface area contributed by atoms with Crippen molar-refractivity contribution in [3.8, 4) is 17.2 Å². The summed E-state index contributed by atoms with van der Waals surface area (Å²) in [4.78, 5) is 23.2. The van der Waals surface area contributed by atoms with Crippen LogP contribution in [0, 0.1) is 0 Å². The third-order valence-electron chi connectivity index (χ3n) is 7.21. The number of hydrogen-bond donors (Lipinski definition) is 2. The molecule has 4 heterocycles. The highest BCUT2D eigenvalue weighted by molar-refractivity contribution is 7.99. The Morgan fingerprint density at radius 2 is 2.10 bits per heavy atom. The summed E-state index contributed by atoms with van der Waals surface area (Å²) in [5.74, 6) is 2.42. The summed E-state index contributed by atoms with van der Waals surface area (Å²) in [5, 5.41) is 3.69. The number of pyridine rings is 2. The van der Waals surface area contributed by atoms with E-state index < -0.39 is 0 Å². The zero-order chi connectivity index (χ0) is 27.5. The number of rotatable bonds is 8. The molecule has 2 unspecified atom stereocenters. The smallest absolute Gasteiger partial charge is 0.249 e. The predicted molar refractivity (Wildman–Crippen MR) is 157 cm³/mol. The molecule has 2 aliphatic rings. The first-order valence-electron chi connectivity index (χ1n) is 13.5. The summed E-state index contributed by atoms with van der Waals surface area (Å²) in [6.45, 7) is 4.12. The molecule has 206 valence electrons. The number of methoxy groups -OCH3 is 1. The first-order valence-corrected chi connectivity index (χ1v) is 14.4. The lowest BCUT2D eigenvalue weighted by Crippen LogP contribution is -2.39. The highest BCUT2D eigenvalue weighted by Crippen LogP contribution is 2.51. The Balaban J connectivity index is 1.22. The van der Waals surface area contributed by atoms with Crippen molar-refractivity contribution in [2.45, 2.75) is 41.7 Å². The first kappa shape index (κ1) is 26.3. The summed E-state index contributed by atoms with van der Waals surface area (Å²) < 4.78 is 18.1. The predicted octanol–water partition coefficient (Wildman–Crippen LogP) is 6.57. The fourth-order valence-electron chi connectivity index (χ4n) is 5.22. The molecule has 0 radical (unpaired) electrons. The normalized spacial score (nSPS) is 16.9. The molecule has 4 aromatic rings. The topological polar surface area (TPSA) is 88.7 Å². The number of benzene rings is 2. The molecule has 9 heteroatoms. The average Bonchev–Trinajstić information content (AvgIpc) is 2.99. The molecule has 2 aromatic carbocycles. The van der Waals surface area contributed by atoms with Crippen molar-refractivity contribution >= 4 is 23.1 Å². The second-order valence-electron chi connectivity index (χ2n) is 9.90. The maximum absolute atomic E-state index is 11.9. The van der Waals surface area contributed by atoms with Crippen LogP contribution in [0.25, 0.3) is 0 Å². The molecular formula is C31H32N4O4S. The third kappa shape index (κ3) is 5.52. The van der Waals surface area contributed by atoms with Crippen molar-refractivity contribution in [1.82, 2.24) is 9.97 Å². The van der Waals surface area contributed by atoms with Gasteiger partial charge >= 0.3 is 0 Å². The minimum atomic E-state index is -0.169. The van der Waals surface area contributed by atoms with Crippen molar-refractivity contribution in [2.24, 2.45) is 0 Å². The number of H-pyrrole nitrogens is 1. The van der Waals surface area contributed by atoms with Gasteiger partial charge in [0.25, 0.3) is 0 Å². The Bertz CT molecular complexity index is 1560. The monoisotopic (exact) mass is 556 g/mol. The van der Waals surface area contributed by atoms with Crippen LogP contribution in [-0.2, 0) is 4.74 Å². The van der Waals surface area contributed by atoms with Gasteiger partial charge in [0, 0.05) is 48.5 Å². The van der Waals surface area contributed by atoms with Gasteiger partial charge in [0.05, 0.1) is 35.7 Å². The molecule has 0 saturated carbocycles. The molecule has 2 aliphatic heterocycles. The zero-order valence-electron chi connectivity index (χ0n) is 22.6. The molecule has 2 atom stereocenters. The van der Waals surface area contributed by atoms with Crippen molar-refractivity contribution in [1.29, 1.82) is 0 Å². The Morgan fingerprint density at radius 1 is 1.18 bits per heavy atom. The van der Waals surface area contributed by atoms with Crippen LogP contribution in [-0.4, -0.2) is 36.8 Å². The Morgan fingerprint density at radius 3 is 2.95 bits per heavy atom. The molecule has 8 nitrogen and oxygen atoms in total. The molecule has 0 amide bonds. The van der Waals surface area contributed by atoms with Crippen LogP contribution < -0.4 is 25.2 Å². The number of hydrogen-bond acceptors (Lipinski definition) is 8. The second-order valence-corrected chi connectivity index (χ2v) is 11.0. The van der Waals surface area contributed by atoms with E-state index in [1.165, 1.54) is 0 Å². The SMILES string of the molecule is CCCC(Nc1ccc2c(c1)Sc1cccc(C3CN(c4cc[nH]c(=O)c4)CCO3)c1O2)c1cncc(OC)c1. The largest absolute Gasteiger partial charge is 0.495 e. The highest BCUT2D eigenvalue weighted by Gasteiger charge is 2.29. The van der Waals surface area contributed by atoms with Crippen LogP contribution in [0.4, 0.5) is 11.4 Å². The van der Waals surface area contributed by atoms with Gasteiger partial charge in [0.1, 0.15) is 23.4 Å². The van der Waals surface area contributed by atoms with E-state index in [1.807, 2.05) is 24.4 Å². The molecule has 6 rings (SSSR count). The van der Waals surface area contributed by atoms with E-state index in [0.717, 1.165) is 68.9 Å². The summed E-state index contributed by atoms with van der Waals surface area (Å²) >= 11 is 1.70. The van der Waals surface area contributed by atoms with Gasteiger partial charge in [-0.15, -0.1) is 0 Å². The van der Waals surface area contributed by atoms with Gasteiger partial charge in [-0.1, -0.05) is 37.2 Å². The number of nitrogens with zero attached hydrogens (tertiary/aromatic N) is 2. The molecule has 1 fully saturated rings. The van der Waals surface area contributed by atoms with Crippen molar-refractivity contribution in [3.63, 3.8) is 0 Å². The molecule has 0 bridgehead atoms. The molecule has 2 aromatic heterocycles. The van der Waals surface area contributed by atoms with Gasteiger partial charge in [0.15, 0.2) is 0 Å². The Kier molecular flexibility index (Phi) is 7.66. The number of aromatic amines is 1. The Labute approximate surface area is 237 Å². The quantitative estimate of drug-likeness (QED) is 0.222. The number of anilines is 2. The van der Waals surface area contributed by atoms with E-state index in [9.17, 15) is 4.79 Å². The minimum absolute atomic E-state index is 0.107. The highest BCUT2D eigenvalue weighted by atomic mass is 32.2.